The lowest BCUT2D eigenvalue weighted by Gasteiger charge is -2.25. The van der Waals surface area contributed by atoms with Gasteiger partial charge in [0.25, 0.3) is 5.91 Å². The van der Waals surface area contributed by atoms with Gasteiger partial charge in [-0.3, -0.25) is 4.79 Å². The van der Waals surface area contributed by atoms with Gasteiger partial charge in [-0.05, 0) is 37.1 Å². The Balaban J connectivity index is 1.76. The van der Waals surface area contributed by atoms with Crippen molar-refractivity contribution in [3.8, 4) is 0 Å². The number of hydrogen-bond donors (Lipinski definition) is 0. The second kappa shape index (κ2) is 6.17. The molecule has 1 aliphatic heterocycles. The van der Waals surface area contributed by atoms with Crippen LogP contribution in [0.1, 0.15) is 35.4 Å². The summed E-state index contributed by atoms with van der Waals surface area (Å²) in [4.78, 5) is 14.6. The van der Waals surface area contributed by atoms with E-state index in [4.69, 9.17) is 4.74 Å². The average molecular weight is 253 g/mol. The van der Waals surface area contributed by atoms with Crippen LogP contribution in [0.25, 0.3) is 0 Å². The Bertz CT molecular complexity index is 344. The monoisotopic (exact) mass is 253 g/mol. The molecule has 1 aromatic heterocycles. The molecule has 0 radical (unpaired) electrons. The number of hydrogen-bond acceptors (Lipinski definition) is 3. The number of nitrogens with zero attached hydrogens (tertiary/aromatic N) is 1. The van der Waals surface area contributed by atoms with E-state index in [0.717, 1.165) is 30.9 Å². The number of carbonyl (C=O) groups is 1. The van der Waals surface area contributed by atoms with Gasteiger partial charge in [0.2, 0.25) is 0 Å². The van der Waals surface area contributed by atoms with Crippen molar-refractivity contribution in [1.82, 2.24) is 4.90 Å². The molecular weight excluding hydrogens is 234 g/mol. The molecule has 2 rings (SSSR count). The lowest BCUT2D eigenvalue weighted by atomic mass is 10.1. The van der Waals surface area contributed by atoms with E-state index in [9.17, 15) is 4.79 Å². The van der Waals surface area contributed by atoms with Crippen LogP contribution in [0.15, 0.2) is 17.5 Å². The highest BCUT2D eigenvalue weighted by atomic mass is 32.1. The minimum Gasteiger partial charge on any atom is -0.378 e. The highest BCUT2D eigenvalue weighted by Crippen LogP contribution is 2.17. The maximum atomic E-state index is 12.0. The van der Waals surface area contributed by atoms with Crippen LogP contribution in [0, 0.1) is 0 Å². The molecular formula is C13H19NO2S. The Morgan fingerprint density at radius 2 is 2.47 bits per heavy atom. The molecule has 17 heavy (non-hydrogen) atoms. The molecule has 1 atom stereocenters. The first-order chi connectivity index (χ1) is 8.27. The number of ether oxygens (including phenoxy) is 1. The van der Waals surface area contributed by atoms with Crippen molar-refractivity contribution in [2.45, 2.75) is 31.8 Å². The molecule has 0 aliphatic carbocycles. The Morgan fingerprint density at radius 1 is 1.59 bits per heavy atom. The summed E-state index contributed by atoms with van der Waals surface area (Å²) in [5, 5.41) is 1.94. The van der Waals surface area contributed by atoms with Crippen molar-refractivity contribution in [2.24, 2.45) is 0 Å². The number of rotatable bonds is 4. The summed E-state index contributed by atoms with van der Waals surface area (Å²) in [6.45, 7) is 1.66. The highest BCUT2D eigenvalue weighted by Gasteiger charge is 2.17. The minimum absolute atomic E-state index is 0.121. The predicted molar refractivity (Wildman–Crippen MR) is 69.5 cm³/mol. The normalized spacial score (nSPS) is 20.2. The summed E-state index contributed by atoms with van der Waals surface area (Å²) < 4.78 is 5.66. The Labute approximate surface area is 106 Å². The SMILES string of the molecule is CN(CCC1CCCCO1)C(=O)c1cccs1. The number of carbonyl (C=O) groups excluding carboxylic acids is 1. The number of amides is 1. The van der Waals surface area contributed by atoms with E-state index >= 15 is 0 Å². The van der Waals surface area contributed by atoms with E-state index < -0.39 is 0 Å². The summed E-state index contributed by atoms with van der Waals surface area (Å²) in [6.07, 6.45) is 4.88. The first kappa shape index (κ1) is 12.6. The van der Waals surface area contributed by atoms with Gasteiger partial charge in [-0.25, -0.2) is 0 Å². The van der Waals surface area contributed by atoms with Crippen LogP contribution < -0.4 is 0 Å². The number of thiophene rings is 1. The van der Waals surface area contributed by atoms with Crippen LogP contribution in [0.4, 0.5) is 0 Å². The maximum Gasteiger partial charge on any atom is 0.263 e. The van der Waals surface area contributed by atoms with Crippen LogP contribution in [0.5, 0.6) is 0 Å². The zero-order valence-electron chi connectivity index (χ0n) is 10.2. The van der Waals surface area contributed by atoms with Crippen LogP contribution in [0.2, 0.25) is 0 Å². The van der Waals surface area contributed by atoms with Gasteiger partial charge in [0, 0.05) is 20.2 Å². The molecule has 0 aromatic carbocycles. The molecule has 1 unspecified atom stereocenters. The molecule has 1 fully saturated rings. The van der Waals surface area contributed by atoms with Gasteiger partial charge in [0.15, 0.2) is 0 Å². The van der Waals surface area contributed by atoms with Crippen molar-refractivity contribution in [3.63, 3.8) is 0 Å². The van der Waals surface area contributed by atoms with Crippen molar-refractivity contribution in [3.05, 3.63) is 22.4 Å². The second-order valence-electron chi connectivity index (χ2n) is 4.48. The third-order valence-electron chi connectivity index (χ3n) is 3.14. The molecule has 4 heteroatoms. The van der Waals surface area contributed by atoms with Gasteiger partial charge in [0.05, 0.1) is 11.0 Å². The summed E-state index contributed by atoms with van der Waals surface area (Å²) in [7, 11) is 1.87. The molecule has 94 valence electrons. The smallest absolute Gasteiger partial charge is 0.263 e. The molecule has 3 nitrogen and oxygen atoms in total. The third-order valence-corrected chi connectivity index (χ3v) is 4.00. The van der Waals surface area contributed by atoms with E-state index in [1.54, 1.807) is 4.90 Å². The first-order valence-corrected chi connectivity index (χ1v) is 7.06. The summed E-state index contributed by atoms with van der Waals surface area (Å²) in [6, 6.07) is 3.79. The lowest BCUT2D eigenvalue weighted by Crippen LogP contribution is -2.31. The topological polar surface area (TPSA) is 29.5 Å². The van der Waals surface area contributed by atoms with E-state index in [1.165, 1.54) is 24.2 Å². The molecule has 1 amide bonds. The molecule has 1 saturated heterocycles. The average Bonchev–Trinajstić information content (AvgIpc) is 2.90. The maximum absolute atomic E-state index is 12.0. The van der Waals surface area contributed by atoms with Gasteiger partial charge in [0.1, 0.15) is 0 Å². The Morgan fingerprint density at radius 3 is 3.12 bits per heavy atom. The summed E-state index contributed by atoms with van der Waals surface area (Å²) in [5.74, 6) is 0.121. The Hall–Kier alpha value is -0.870. The molecule has 0 bridgehead atoms. The van der Waals surface area contributed by atoms with Crippen LogP contribution in [-0.4, -0.2) is 37.1 Å². The lowest BCUT2D eigenvalue weighted by molar-refractivity contribution is 0.00712. The van der Waals surface area contributed by atoms with Crippen molar-refractivity contribution < 1.29 is 9.53 Å². The largest absolute Gasteiger partial charge is 0.378 e. The fourth-order valence-corrected chi connectivity index (χ4v) is 2.78. The molecule has 1 aliphatic rings. The highest BCUT2D eigenvalue weighted by molar-refractivity contribution is 7.12. The van der Waals surface area contributed by atoms with Crippen molar-refractivity contribution in [1.29, 1.82) is 0 Å². The predicted octanol–water partition coefficient (Wildman–Crippen LogP) is 2.78. The van der Waals surface area contributed by atoms with Gasteiger partial charge in [-0.15, -0.1) is 11.3 Å². The van der Waals surface area contributed by atoms with Gasteiger partial charge < -0.3 is 9.64 Å². The fourth-order valence-electron chi connectivity index (χ4n) is 2.06. The van der Waals surface area contributed by atoms with Gasteiger partial charge >= 0.3 is 0 Å². The molecule has 2 heterocycles. The fraction of sp³-hybridized carbons (Fsp3) is 0.615. The van der Waals surface area contributed by atoms with Crippen molar-refractivity contribution >= 4 is 17.2 Å². The molecule has 1 aromatic rings. The molecule has 0 saturated carbocycles. The van der Waals surface area contributed by atoms with Gasteiger partial charge in [-0.1, -0.05) is 6.07 Å². The first-order valence-electron chi connectivity index (χ1n) is 6.18. The van der Waals surface area contributed by atoms with Crippen molar-refractivity contribution in [2.75, 3.05) is 20.2 Å². The Kier molecular flexibility index (Phi) is 4.57. The molecule has 0 spiro atoms. The van der Waals surface area contributed by atoms with E-state index in [1.807, 2.05) is 24.6 Å². The minimum atomic E-state index is 0.121. The second-order valence-corrected chi connectivity index (χ2v) is 5.43. The van der Waals surface area contributed by atoms with E-state index in [0.29, 0.717) is 6.10 Å². The van der Waals surface area contributed by atoms with Crippen LogP contribution in [0.3, 0.4) is 0 Å². The van der Waals surface area contributed by atoms with Crippen LogP contribution >= 0.6 is 11.3 Å². The third kappa shape index (κ3) is 3.54. The molecule has 0 N–H and O–H groups in total. The van der Waals surface area contributed by atoms with E-state index in [-0.39, 0.29) is 5.91 Å². The zero-order chi connectivity index (χ0) is 12.1. The zero-order valence-corrected chi connectivity index (χ0v) is 11.0. The van der Waals surface area contributed by atoms with Crippen LogP contribution in [-0.2, 0) is 4.74 Å². The summed E-state index contributed by atoms with van der Waals surface area (Å²) >= 11 is 1.50. The summed E-state index contributed by atoms with van der Waals surface area (Å²) in [5.41, 5.74) is 0. The van der Waals surface area contributed by atoms with Gasteiger partial charge in [-0.2, -0.15) is 0 Å². The quantitative estimate of drug-likeness (QED) is 0.825. The van der Waals surface area contributed by atoms with E-state index in [2.05, 4.69) is 0 Å². The standard InChI is InChI=1S/C13H19NO2S/c1-14(13(15)12-6-4-10-17-12)8-7-11-5-2-3-9-16-11/h4,6,10-11H,2-3,5,7-9H2,1H3.